The second kappa shape index (κ2) is 12.2. The van der Waals surface area contributed by atoms with Crippen LogP contribution in [0.15, 0.2) is 90.6 Å². The van der Waals surface area contributed by atoms with Gasteiger partial charge in [0.15, 0.2) is 0 Å². The van der Waals surface area contributed by atoms with E-state index in [-0.39, 0.29) is 18.2 Å². The average molecular weight is 472 g/mol. The number of carbonyl (C=O) groups is 3. The minimum absolute atomic E-state index is 0.00840. The lowest BCUT2D eigenvalue weighted by atomic mass is 10.1. The number of benzene rings is 3. The lowest BCUT2D eigenvalue weighted by molar-refractivity contribution is -0.308. The number of hydrogen-bond acceptors (Lipinski definition) is 5. The van der Waals surface area contributed by atoms with E-state index in [1.807, 2.05) is 19.9 Å². The van der Waals surface area contributed by atoms with Crippen LogP contribution in [0.3, 0.4) is 0 Å². The molecule has 0 unspecified atom stereocenters. The molecule has 3 aromatic rings. The van der Waals surface area contributed by atoms with Crippen molar-refractivity contribution in [2.24, 2.45) is 0 Å². The quantitative estimate of drug-likeness (QED) is 0.442. The molecule has 0 fully saturated rings. The molecule has 2 N–H and O–H groups in total. The van der Waals surface area contributed by atoms with Gasteiger partial charge in [0.1, 0.15) is 11.4 Å². The van der Waals surface area contributed by atoms with Gasteiger partial charge in [-0.25, -0.2) is 0 Å². The average Bonchev–Trinajstić information content (AvgIpc) is 2.85. The maximum Gasteiger partial charge on any atom is 0.268 e. The Morgan fingerprint density at radius 1 is 0.886 bits per heavy atom. The Morgan fingerprint density at radius 2 is 1.49 bits per heavy atom. The number of hydrogen-bond donors (Lipinski definition) is 2. The minimum Gasteiger partial charge on any atom is -0.548 e. The summed E-state index contributed by atoms with van der Waals surface area (Å²) in [6.45, 7) is 3.83. The topological polar surface area (TPSA) is 108 Å². The van der Waals surface area contributed by atoms with Gasteiger partial charge in [0, 0.05) is 5.56 Å². The maximum absolute atomic E-state index is 13.1. The normalized spacial score (nSPS) is 12.0. The Morgan fingerprint density at radius 3 is 2.06 bits per heavy atom. The molecule has 0 radical (unpaired) electrons. The van der Waals surface area contributed by atoms with E-state index in [1.54, 1.807) is 78.9 Å². The van der Waals surface area contributed by atoms with Gasteiger partial charge >= 0.3 is 0 Å². The molecule has 1 atom stereocenters. The van der Waals surface area contributed by atoms with Crippen molar-refractivity contribution in [1.82, 2.24) is 10.6 Å². The van der Waals surface area contributed by atoms with Crippen LogP contribution in [-0.2, 0) is 16.0 Å². The highest BCUT2D eigenvalue weighted by molar-refractivity contribution is 6.06. The predicted octanol–water partition coefficient (Wildman–Crippen LogP) is 2.72. The van der Waals surface area contributed by atoms with E-state index >= 15 is 0 Å². The first-order valence-electron chi connectivity index (χ1n) is 11.2. The van der Waals surface area contributed by atoms with Crippen LogP contribution in [0, 0.1) is 0 Å². The van der Waals surface area contributed by atoms with Gasteiger partial charge in [0.25, 0.3) is 11.8 Å². The second-order valence-electron chi connectivity index (χ2n) is 8.15. The molecule has 0 aliphatic rings. The highest BCUT2D eigenvalue weighted by atomic mass is 16.5. The molecule has 180 valence electrons. The summed E-state index contributed by atoms with van der Waals surface area (Å²) in [6, 6.07) is 23.0. The van der Waals surface area contributed by atoms with Crippen molar-refractivity contribution in [2.45, 2.75) is 32.4 Å². The number of aliphatic carboxylic acids is 1. The van der Waals surface area contributed by atoms with E-state index in [1.165, 1.54) is 6.08 Å². The zero-order valence-electron chi connectivity index (χ0n) is 19.6. The van der Waals surface area contributed by atoms with Crippen LogP contribution in [0.4, 0.5) is 0 Å². The standard InChI is InChI=1S/C28H28N2O5/c1-19(2)35-23-15-13-21(14-16-23)17-24(29-26(31)22-11-7-4-8-12-22)27(32)30-25(28(33)34)18-20-9-5-3-6-10-20/h3-17,19,25H,18H2,1-2H3,(H,29,31)(H,30,32)(H,33,34)/p-1/b24-17+/t25-/m0/s1. The molecule has 3 rings (SSSR count). The van der Waals surface area contributed by atoms with Crippen LogP contribution < -0.4 is 20.5 Å². The largest absolute Gasteiger partial charge is 0.548 e. The van der Waals surface area contributed by atoms with Crippen molar-refractivity contribution in [3.8, 4) is 5.75 Å². The van der Waals surface area contributed by atoms with Gasteiger partial charge in [-0.2, -0.15) is 0 Å². The van der Waals surface area contributed by atoms with Gasteiger partial charge in [-0.3, -0.25) is 9.59 Å². The molecule has 2 amide bonds. The van der Waals surface area contributed by atoms with E-state index in [9.17, 15) is 19.5 Å². The minimum atomic E-state index is -1.42. The van der Waals surface area contributed by atoms with Crippen LogP contribution in [0.1, 0.15) is 35.3 Å². The van der Waals surface area contributed by atoms with Crippen LogP contribution in [0.2, 0.25) is 0 Å². The second-order valence-corrected chi connectivity index (χ2v) is 8.15. The first-order valence-corrected chi connectivity index (χ1v) is 11.2. The van der Waals surface area contributed by atoms with E-state index in [0.29, 0.717) is 16.9 Å². The van der Waals surface area contributed by atoms with Gasteiger partial charge in [0.2, 0.25) is 0 Å². The third-order valence-corrected chi connectivity index (χ3v) is 4.96. The van der Waals surface area contributed by atoms with E-state index < -0.39 is 23.8 Å². The molecule has 0 saturated heterocycles. The van der Waals surface area contributed by atoms with Crippen molar-refractivity contribution in [3.05, 3.63) is 107 Å². The summed E-state index contributed by atoms with van der Waals surface area (Å²) in [7, 11) is 0. The molecular formula is C28H27N2O5-. The molecule has 0 bridgehead atoms. The summed E-state index contributed by atoms with van der Waals surface area (Å²) in [4.78, 5) is 37.6. The zero-order valence-corrected chi connectivity index (χ0v) is 19.6. The van der Waals surface area contributed by atoms with Crippen molar-refractivity contribution in [1.29, 1.82) is 0 Å². The number of nitrogens with one attached hydrogen (secondary N) is 2. The molecule has 0 aliphatic heterocycles. The molecule has 35 heavy (non-hydrogen) atoms. The van der Waals surface area contributed by atoms with E-state index in [0.717, 1.165) is 5.56 Å². The molecular weight excluding hydrogens is 444 g/mol. The number of carbonyl (C=O) groups excluding carboxylic acids is 3. The van der Waals surface area contributed by atoms with Crippen molar-refractivity contribution in [3.63, 3.8) is 0 Å². The highest BCUT2D eigenvalue weighted by Crippen LogP contribution is 2.16. The van der Waals surface area contributed by atoms with Gasteiger partial charge in [-0.15, -0.1) is 0 Å². The molecule has 0 spiro atoms. The SMILES string of the molecule is CC(C)Oc1ccc(/C=C(/NC(=O)c2ccccc2)C(=O)N[C@@H](Cc2ccccc2)C(=O)[O-])cc1. The first-order chi connectivity index (χ1) is 16.8. The molecule has 0 aliphatic carbocycles. The third kappa shape index (κ3) is 7.85. The van der Waals surface area contributed by atoms with Gasteiger partial charge in [-0.05, 0) is 61.7 Å². The van der Waals surface area contributed by atoms with E-state index in [4.69, 9.17) is 4.74 Å². The molecule has 0 saturated carbocycles. The summed E-state index contributed by atoms with van der Waals surface area (Å²) < 4.78 is 5.64. The molecule has 3 aromatic carbocycles. The van der Waals surface area contributed by atoms with Crippen molar-refractivity contribution in [2.75, 3.05) is 0 Å². The van der Waals surface area contributed by atoms with E-state index in [2.05, 4.69) is 10.6 Å². The number of rotatable bonds is 10. The fourth-order valence-electron chi connectivity index (χ4n) is 3.30. The summed E-state index contributed by atoms with van der Waals surface area (Å²) in [5.41, 5.74) is 1.59. The first kappa shape index (κ1) is 25.2. The fourth-order valence-corrected chi connectivity index (χ4v) is 3.30. The van der Waals surface area contributed by atoms with Crippen molar-refractivity contribution >= 4 is 23.9 Å². The van der Waals surface area contributed by atoms with Gasteiger partial charge in [0.05, 0.1) is 18.1 Å². The van der Waals surface area contributed by atoms with Gasteiger partial charge < -0.3 is 25.3 Å². The Balaban J connectivity index is 1.85. The molecule has 7 nitrogen and oxygen atoms in total. The van der Waals surface area contributed by atoms with Crippen LogP contribution in [0.25, 0.3) is 6.08 Å². The lowest BCUT2D eigenvalue weighted by Crippen LogP contribution is -2.50. The monoisotopic (exact) mass is 471 g/mol. The third-order valence-electron chi connectivity index (χ3n) is 4.96. The molecule has 0 aromatic heterocycles. The number of carboxylic acids is 1. The molecule has 7 heteroatoms. The zero-order chi connectivity index (χ0) is 25.2. The maximum atomic E-state index is 13.1. The Labute approximate surface area is 204 Å². The van der Waals surface area contributed by atoms with Crippen LogP contribution >= 0.6 is 0 Å². The summed E-state index contributed by atoms with van der Waals surface area (Å²) in [6.07, 6.45) is 1.52. The van der Waals surface area contributed by atoms with Gasteiger partial charge in [-0.1, -0.05) is 60.7 Å². The lowest BCUT2D eigenvalue weighted by Gasteiger charge is -2.21. The number of amides is 2. The van der Waals surface area contributed by atoms with Crippen LogP contribution in [-0.4, -0.2) is 29.9 Å². The van der Waals surface area contributed by atoms with Crippen molar-refractivity contribution < 1.29 is 24.2 Å². The highest BCUT2D eigenvalue weighted by Gasteiger charge is 2.20. The number of carboxylic acid groups (broad SMARTS) is 1. The summed E-state index contributed by atoms with van der Waals surface area (Å²) in [5, 5.41) is 16.8. The smallest absolute Gasteiger partial charge is 0.268 e. The predicted molar refractivity (Wildman–Crippen MR) is 131 cm³/mol. The Kier molecular flexibility index (Phi) is 8.78. The summed E-state index contributed by atoms with van der Waals surface area (Å²) in [5.74, 6) is -2.01. The Bertz CT molecular complexity index is 1170. The number of ether oxygens (including phenoxy) is 1. The Hall–Kier alpha value is -4.39. The molecule has 0 heterocycles. The fraction of sp³-hybridized carbons (Fsp3) is 0.179. The summed E-state index contributed by atoms with van der Waals surface area (Å²) >= 11 is 0. The van der Waals surface area contributed by atoms with Crippen LogP contribution in [0.5, 0.6) is 5.75 Å².